The molecule has 0 bridgehead atoms. The largest absolute Gasteiger partial charge is 0.457 e. The maximum absolute atomic E-state index is 12.5. The molecular formula is C21H22N2O2. The minimum Gasteiger partial charge on any atom is -0.457 e. The number of anilines is 1. The molecule has 4 nitrogen and oxygen atoms in total. The van der Waals surface area contributed by atoms with Gasteiger partial charge < -0.3 is 14.6 Å². The van der Waals surface area contributed by atoms with Crippen LogP contribution in [0.15, 0.2) is 54.6 Å². The van der Waals surface area contributed by atoms with Crippen LogP contribution in [0.1, 0.15) is 27.3 Å². The Morgan fingerprint density at radius 3 is 2.28 bits per heavy atom. The number of aromatic nitrogens is 1. The van der Waals surface area contributed by atoms with Gasteiger partial charge in [-0.05, 0) is 62.7 Å². The monoisotopic (exact) mass is 334 g/mol. The molecule has 1 aromatic heterocycles. The molecule has 0 unspecified atom stereocenters. The summed E-state index contributed by atoms with van der Waals surface area (Å²) in [5.74, 6) is 1.46. The molecule has 0 atom stereocenters. The molecule has 0 aliphatic rings. The van der Waals surface area contributed by atoms with E-state index in [4.69, 9.17) is 4.74 Å². The SMILES string of the molecule is Cc1ccccc1Oc1ccc(NC(=O)c2cc(C)n(C)c2C)cc1. The van der Waals surface area contributed by atoms with Gasteiger partial charge >= 0.3 is 0 Å². The number of nitrogens with one attached hydrogen (secondary N) is 1. The molecule has 3 rings (SSSR count). The van der Waals surface area contributed by atoms with Crippen molar-refractivity contribution in [1.82, 2.24) is 4.57 Å². The molecule has 0 saturated heterocycles. The zero-order chi connectivity index (χ0) is 18.0. The molecular weight excluding hydrogens is 312 g/mol. The highest BCUT2D eigenvalue weighted by Crippen LogP contribution is 2.26. The number of benzene rings is 2. The molecule has 0 aliphatic heterocycles. The van der Waals surface area contributed by atoms with Crippen molar-refractivity contribution in [2.75, 3.05) is 5.32 Å². The number of ether oxygens (including phenoxy) is 1. The average molecular weight is 334 g/mol. The summed E-state index contributed by atoms with van der Waals surface area (Å²) in [5.41, 5.74) is 4.53. The summed E-state index contributed by atoms with van der Waals surface area (Å²) in [4.78, 5) is 12.5. The quantitative estimate of drug-likeness (QED) is 0.730. The van der Waals surface area contributed by atoms with E-state index in [1.54, 1.807) is 0 Å². The maximum atomic E-state index is 12.5. The van der Waals surface area contributed by atoms with Crippen LogP contribution in [-0.2, 0) is 7.05 Å². The van der Waals surface area contributed by atoms with Crippen LogP contribution in [0.5, 0.6) is 11.5 Å². The first-order valence-corrected chi connectivity index (χ1v) is 8.23. The third-order valence-corrected chi connectivity index (χ3v) is 4.45. The summed E-state index contributed by atoms with van der Waals surface area (Å²) in [6.45, 7) is 5.94. The standard InChI is InChI=1S/C21H22N2O2/c1-14-7-5-6-8-20(14)25-18-11-9-17(10-12-18)22-21(24)19-13-15(2)23(4)16(19)3/h5-13H,1-4H3,(H,22,24). The lowest BCUT2D eigenvalue weighted by Crippen LogP contribution is -2.12. The number of carbonyl (C=O) groups excluding carboxylic acids is 1. The third-order valence-electron chi connectivity index (χ3n) is 4.45. The number of para-hydroxylation sites is 1. The Balaban J connectivity index is 1.71. The Morgan fingerprint density at radius 1 is 1.00 bits per heavy atom. The van der Waals surface area contributed by atoms with E-state index in [9.17, 15) is 4.79 Å². The Hall–Kier alpha value is -3.01. The van der Waals surface area contributed by atoms with E-state index < -0.39 is 0 Å². The zero-order valence-corrected chi connectivity index (χ0v) is 15.0. The fourth-order valence-corrected chi connectivity index (χ4v) is 2.69. The first kappa shape index (κ1) is 16.8. The van der Waals surface area contributed by atoms with Crippen LogP contribution >= 0.6 is 0 Å². The lowest BCUT2D eigenvalue weighted by molar-refractivity contribution is 0.102. The van der Waals surface area contributed by atoms with E-state index in [-0.39, 0.29) is 5.91 Å². The first-order chi connectivity index (χ1) is 12.0. The van der Waals surface area contributed by atoms with Gasteiger partial charge in [0.25, 0.3) is 5.91 Å². The fraction of sp³-hybridized carbons (Fsp3) is 0.190. The average Bonchev–Trinajstić information content (AvgIpc) is 2.86. The fourth-order valence-electron chi connectivity index (χ4n) is 2.69. The van der Waals surface area contributed by atoms with Crippen molar-refractivity contribution in [2.45, 2.75) is 20.8 Å². The zero-order valence-electron chi connectivity index (χ0n) is 15.0. The van der Waals surface area contributed by atoms with Crippen LogP contribution in [0.25, 0.3) is 0 Å². The topological polar surface area (TPSA) is 43.3 Å². The number of rotatable bonds is 4. The van der Waals surface area contributed by atoms with Crippen molar-refractivity contribution in [3.05, 3.63) is 77.1 Å². The number of hydrogen-bond donors (Lipinski definition) is 1. The van der Waals surface area contributed by atoms with Gasteiger partial charge in [-0.25, -0.2) is 0 Å². The Bertz CT molecular complexity index is 908. The van der Waals surface area contributed by atoms with Gasteiger partial charge in [0.15, 0.2) is 0 Å². The number of carbonyl (C=O) groups is 1. The number of hydrogen-bond acceptors (Lipinski definition) is 2. The van der Waals surface area contributed by atoms with Crippen LogP contribution in [-0.4, -0.2) is 10.5 Å². The van der Waals surface area contributed by atoms with Crippen molar-refractivity contribution in [3.8, 4) is 11.5 Å². The Labute approximate surface area is 148 Å². The third kappa shape index (κ3) is 3.58. The lowest BCUT2D eigenvalue weighted by Gasteiger charge is -2.10. The van der Waals surface area contributed by atoms with Gasteiger partial charge in [0.1, 0.15) is 11.5 Å². The van der Waals surface area contributed by atoms with Gasteiger partial charge in [-0.15, -0.1) is 0 Å². The van der Waals surface area contributed by atoms with E-state index in [1.807, 2.05) is 87.0 Å². The number of nitrogens with zero attached hydrogens (tertiary/aromatic N) is 1. The molecule has 25 heavy (non-hydrogen) atoms. The normalized spacial score (nSPS) is 10.6. The molecule has 1 amide bonds. The van der Waals surface area contributed by atoms with Crippen LogP contribution in [0.4, 0.5) is 5.69 Å². The first-order valence-electron chi connectivity index (χ1n) is 8.23. The molecule has 0 saturated carbocycles. The molecule has 1 N–H and O–H groups in total. The van der Waals surface area contributed by atoms with Crippen molar-refractivity contribution < 1.29 is 9.53 Å². The molecule has 4 heteroatoms. The van der Waals surface area contributed by atoms with Crippen molar-refractivity contribution in [3.63, 3.8) is 0 Å². The second-order valence-electron chi connectivity index (χ2n) is 6.19. The lowest BCUT2D eigenvalue weighted by atomic mass is 10.2. The van der Waals surface area contributed by atoms with Crippen LogP contribution in [0, 0.1) is 20.8 Å². The van der Waals surface area contributed by atoms with Gasteiger partial charge in [-0.3, -0.25) is 4.79 Å². The van der Waals surface area contributed by atoms with E-state index in [1.165, 1.54) is 0 Å². The predicted octanol–water partition coefficient (Wildman–Crippen LogP) is 4.99. The molecule has 128 valence electrons. The van der Waals surface area contributed by atoms with Crippen molar-refractivity contribution in [1.29, 1.82) is 0 Å². The van der Waals surface area contributed by atoms with E-state index >= 15 is 0 Å². The molecule has 3 aromatic rings. The molecule has 2 aromatic carbocycles. The van der Waals surface area contributed by atoms with Crippen LogP contribution in [0.2, 0.25) is 0 Å². The van der Waals surface area contributed by atoms with Gasteiger partial charge in [-0.2, -0.15) is 0 Å². The highest BCUT2D eigenvalue weighted by molar-refractivity contribution is 6.05. The van der Waals surface area contributed by atoms with E-state index in [0.29, 0.717) is 5.56 Å². The Morgan fingerprint density at radius 2 is 1.68 bits per heavy atom. The molecule has 0 aliphatic carbocycles. The number of amides is 1. The highest BCUT2D eigenvalue weighted by atomic mass is 16.5. The summed E-state index contributed by atoms with van der Waals surface area (Å²) in [6.07, 6.45) is 0. The van der Waals surface area contributed by atoms with Gasteiger partial charge in [-0.1, -0.05) is 18.2 Å². The molecule has 1 heterocycles. The van der Waals surface area contributed by atoms with Crippen LogP contribution < -0.4 is 10.1 Å². The van der Waals surface area contributed by atoms with Gasteiger partial charge in [0.05, 0.1) is 5.56 Å². The van der Waals surface area contributed by atoms with Gasteiger partial charge in [0.2, 0.25) is 0 Å². The predicted molar refractivity (Wildman–Crippen MR) is 101 cm³/mol. The maximum Gasteiger partial charge on any atom is 0.257 e. The van der Waals surface area contributed by atoms with Crippen molar-refractivity contribution in [2.24, 2.45) is 7.05 Å². The smallest absolute Gasteiger partial charge is 0.257 e. The minimum absolute atomic E-state index is 0.103. The second-order valence-corrected chi connectivity index (χ2v) is 6.19. The Kier molecular flexibility index (Phi) is 4.61. The second kappa shape index (κ2) is 6.85. The highest BCUT2D eigenvalue weighted by Gasteiger charge is 2.14. The van der Waals surface area contributed by atoms with Crippen molar-refractivity contribution >= 4 is 11.6 Å². The van der Waals surface area contributed by atoms with E-state index in [0.717, 1.165) is 34.1 Å². The molecule has 0 radical (unpaired) electrons. The molecule has 0 spiro atoms. The van der Waals surface area contributed by atoms with Crippen LogP contribution in [0.3, 0.4) is 0 Å². The number of aryl methyl sites for hydroxylation is 2. The summed E-state index contributed by atoms with van der Waals surface area (Å²) in [6, 6.07) is 17.2. The summed E-state index contributed by atoms with van der Waals surface area (Å²) >= 11 is 0. The minimum atomic E-state index is -0.103. The van der Waals surface area contributed by atoms with E-state index in [2.05, 4.69) is 5.32 Å². The summed E-state index contributed by atoms with van der Waals surface area (Å²) in [7, 11) is 1.96. The summed E-state index contributed by atoms with van der Waals surface area (Å²) < 4.78 is 7.88. The summed E-state index contributed by atoms with van der Waals surface area (Å²) in [5, 5.41) is 2.93. The molecule has 0 fully saturated rings. The van der Waals surface area contributed by atoms with Gasteiger partial charge in [0, 0.05) is 24.1 Å².